The molecule has 8 aromatic heterocycles. The number of aromatic nitrogens is 12. The molecule has 0 radical (unpaired) electrons. The van der Waals surface area contributed by atoms with Gasteiger partial charge in [0, 0.05) is 19.5 Å². The predicted octanol–water partition coefficient (Wildman–Crippen LogP) is 17.2. The molecule has 0 amide bonds. The molecule has 0 atom stereocenters. The monoisotopic (exact) mass is 2080 g/mol. The minimum atomic E-state index is -4.89. The van der Waals surface area contributed by atoms with Crippen LogP contribution >= 0.6 is 22.7 Å². The van der Waals surface area contributed by atoms with Crippen LogP contribution in [-0.2, 0) is 208 Å². The zero-order valence-electron chi connectivity index (χ0n) is 45.4. The van der Waals surface area contributed by atoms with E-state index in [1.807, 2.05) is 22.7 Å². The number of aryl methyl sites for hydroxylation is 4. The van der Waals surface area contributed by atoms with E-state index in [0.717, 1.165) is 0 Å². The Morgan fingerprint density at radius 2 is 0.306 bits per heavy atom. The van der Waals surface area contributed by atoms with E-state index in [1.54, 1.807) is 0 Å². The number of nitrogens with zero attached hydrogens (tertiary/aromatic N) is 12. The van der Waals surface area contributed by atoms with Gasteiger partial charge in [0.25, 0.3) is 0 Å². The standard InChI is InChI=1S/2C6H8S.6C5HF6N2.6Ag/c2*1-5-3-4-6(2)7-5;6*6-4(7,8)2-1-3(13-12-2)5(9,10)11;;;;;;/h2*3-4H,1-2H3;6*1H;;;;;;/q;;6*-1;6*+1. The SMILES string of the molecule is Cc1ccc(C)s1.Cc1ccc(C)s1.FC(F)(F)c1cc(C(F)(F)F)[n-]n1.FC(F)(F)c1cc(C(F)(F)F)[n-]n1.FC(F)(F)c1cc(C(F)(F)F)[n-]n1.FC(F)(F)c1cc(C(F)(F)F)[n-]n1.FC(F)(F)c1cc(C(F)(F)F)[n-]n1.FC(F)(F)c1cc(C(F)(F)F)[n-]n1.[Ag+].[Ag+].[Ag+].[Ag+].[Ag+].[Ag+]. The largest absolute Gasteiger partial charge is 1.00 e. The van der Waals surface area contributed by atoms with Crippen LogP contribution in [0.25, 0.3) is 0 Å². The number of hydrogen-bond donors (Lipinski definition) is 0. The van der Waals surface area contributed by atoms with E-state index in [1.165, 1.54) is 19.5 Å². The maximum absolute atomic E-state index is 11.7. The Kier molecular flexibility index (Phi) is 43.7. The molecule has 0 aromatic carbocycles. The van der Waals surface area contributed by atoms with Gasteiger partial charge in [-0.25, -0.2) is 0 Å². The van der Waals surface area contributed by atoms with Crippen molar-refractivity contribution in [3.05, 3.63) is 148 Å². The molecule has 0 saturated heterocycles. The van der Waals surface area contributed by atoms with E-state index in [-0.39, 0.29) is 171 Å². The second kappa shape index (κ2) is 40.6. The summed E-state index contributed by atoms with van der Waals surface area (Å²) in [6.45, 7) is 8.49. The molecule has 0 N–H and O–H groups in total. The molecule has 56 heteroatoms. The average Bonchev–Trinajstić information content (AvgIpc) is 1.74. The van der Waals surface area contributed by atoms with Gasteiger partial charge in [-0.05, 0) is 123 Å². The zero-order chi connectivity index (χ0) is 72.2. The van der Waals surface area contributed by atoms with E-state index in [0.29, 0.717) is 0 Å². The van der Waals surface area contributed by atoms with Crippen molar-refractivity contribution in [3.63, 3.8) is 0 Å². The van der Waals surface area contributed by atoms with Crippen molar-refractivity contribution in [3.8, 4) is 0 Å². The van der Waals surface area contributed by atoms with E-state index in [2.05, 4.69) is 113 Å². The molecule has 8 heterocycles. The van der Waals surface area contributed by atoms with Crippen molar-refractivity contribution in [1.82, 2.24) is 61.2 Å². The van der Waals surface area contributed by atoms with Crippen LogP contribution in [0.1, 0.15) is 87.8 Å². The molecule has 0 spiro atoms. The van der Waals surface area contributed by atoms with Crippen LogP contribution < -0.4 is 30.6 Å². The summed E-state index contributed by atoms with van der Waals surface area (Å²) in [7, 11) is 0. The molecule has 0 saturated carbocycles. The van der Waals surface area contributed by atoms with Crippen LogP contribution in [0.5, 0.6) is 0 Å². The van der Waals surface area contributed by atoms with Crippen molar-refractivity contribution in [2.45, 2.75) is 102 Å². The first kappa shape index (κ1) is 106. The molecular weight excluding hydrogens is 2070 g/mol. The van der Waals surface area contributed by atoms with Crippen LogP contribution in [0.3, 0.4) is 0 Å². The summed E-state index contributed by atoms with van der Waals surface area (Å²) in [6.07, 6.45) is -58.7. The van der Waals surface area contributed by atoms with Gasteiger partial charge >= 0.3 is 208 Å². The summed E-state index contributed by atoms with van der Waals surface area (Å²) in [4.78, 5) is 5.60. The maximum atomic E-state index is 11.7. The van der Waals surface area contributed by atoms with Gasteiger partial charge in [-0.2, -0.15) is 158 Å². The Balaban J connectivity index is -0.000000246. The Morgan fingerprint density at radius 1 is 0.204 bits per heavy atom. The van der Waals surface area contributed by atoms with Crippen molar-refractivity contribution in [2.75, 3.05) is 0 Å². The molecule has 8 aromatic rings. The first-order valence-corrected chi connectivity index (χ1v) is 23.4. The van der Waals surface area contributed by atoms with Gasteiger partial charge in [-0.3, -0.25) is 0 Å². The summed E-state index contributed by atoms with van der Waals surface area (Å²) >= 11 is 3.69. The number of rotatable bonds is 0. The fourth-order valence-electron chi connectivity index (χ4n) is 4.55. The molecule has 0 aliphatic rings. The topological polar surface area (TPSA) is 162 Å². The minimum absolute atomic E-state index is 0. The van der Waals surface area contributed by atoms with E-state index >= 15 is 0 Å². The molecule has 0 aliphatic heterocycles. The van der Waals surface area contributed by atoms with Crippen molar-refractivity contribution >= 4 is 22.7 Å². The number of alkyl halides is 36. The van der Waals surface area contributed by atoms with Gasteiger partial charge in [0.1, 0.15) is 34.2 Å². The first-order valence-electron chi connectivity index (χ1n) is 21.8. The van der Waals surface area contributed by atoms with E-state index in [4.69, 9.17) is 0 Å². The fourth-order valence-corrected chi connectivity index (χ4v) is 6.11. The van der Waals surface area contributed by atoms with Gasteiger partial charge in [0.05, 0.1) is 0 Å². The summed E-state index contributed by atoms with van der Waals surface area (Å²) in [5.74, 6) is 0. The Bertz CT molecular complexity index is 2740. The number of halogens is 36. The van der Waals surface area contributed by atoms with E-state index < -0.39 is 142 Å². The summed E-state index contributed by atoms with van der Waals surface area (Å²) in [6, 6.07) is 7.72. The number of thiophene rings is 2. The quantitative estimate of drug-likeness (QED) is 0.104. The van der Waals surface area contributed by atoms with Crippen LogP contribution in [-0.4, -0.2) is 30.6 Å². The predicted molar refractivity (Wildman–Crippen MR) is 233 cm³/mol. The van der Waals surface area contributed by atoms with Crippen LogP contribution in [0.2, 0.25) is 0 Å². The Labute approximate surface area is 621 Å². The second-order valence-corrected chi connectivity index (χ2v) is 19.0. The molecular formula is C42H22Ag6F36N12S2. The summed E-state index contributed by atoms with van der Waals surface area (Å²) < 4.78 is 422. The fraction of sp³-hybridized carbons (Fsp3) is 0.381. The summed E-state index contributed by atoms with van der Waals surface area (Å²) in [5.41, 5.74) is -19.7. The molecule has 0 unspecified atom stereocenters. The van der Waals surface area contributed by atoms with Gasteiger partial charge in [-0.15, -0.1) is 22.7 Å². The molecule has 12 nitrogen and oxygen atoms in total. The van der Waals surface area contributed by atoms with Crippen molar-refractivity contribution in [1.29, 1.82) is 0 Å². The van der Waals surface area contributed by atoms with Gasteiger partial charge < -0.3 is 61.2 Å². The minimum Gasteiger partial charge on any atom is -0.571 e. The average molecular weight is 2090 g/mol. The van der Waals surface area contributed by atoms with Gasteiger partial charge in [0.15, 0.2) is 0 Å². The maximum Gasteiger partial charge on any atom is 1.00 e. The Morgan fingerprint density at radius 3 is 0.347 bits per heavy atom. The van der Waals surface area contributed by atoms with Gasteiger partial charge in [0.2, 0.25) is 0 Å². The molecule has 0 aliphatic carbocycles. The molecule has 580 valence electrons. The summed E-state index contributed by atoms with van der Waals surface area (Å²) in [5, 5.41) is 28.3. The van der Waals surface area contributed by atoms with Crippen molar-refractivity contribution in [2.24, 2.45) is 0 Å². The molecule has 8 rings (SSSR count). The second-order valence-electron chi connectivity index (χ2n) is 16.0. The molecule has 0 bridgehead atoms. The smallest absolute Gasteiger partial charge is 0.571 e. The van der Waals surface area contributed by atoms with Crippen LogP contribution in [0.15, 0.2) is 60.7 Å². The molecule has 0 fully saturated rings. The third-order valence-electron chi connectivity index (χ3n) is 8.47. The van der Waals surface area contributed by atoms with Gasteiger partial charge in [-0.1, -0.05) is 0 Å². The van der Waals surface area contributed by atoms with Crippen LogP contribution in [0, 0.1) is 27.7 Å². The third-order valence-corrected chi connectivity index (χ3v) is 10.3. The van der Waals surface area contributed by atoms with Crippen LogP contribution in [0.4, 0.5) is 158 Å². The molecule has 98 heavy (non-hydrogen) atoms. The van der Waals surface area contributed by atoms with E-state index in [9.17, 15) is 158 Å². The normalized spacial score (nSPS) is 12.0. The Hall–Kier alpha value is -3.42. The number of hydrogen-bond acceptors (Lipinski definition) is 8. The zero-order valence-corrected chi connectivity index (χ0v) is 55.9. The first-order chi connectivity index (χ1) is 40.8. The third kappa shape index (κ3) is 39.3. The van der Waals surface area contributed by atoms with Crippen molar-refractivity contribution < 1.29 is 292 Å².